The average Bonchev–Trinajstić information content (AvgIpc) is 1.64. The minimum atomic E-state index is -2.10. The smallest absolute Gasteiger partial charge is 0.187 e. The third kappa shape index (κ3) is 10.3. The molecule has 0 unspecified atom stereocenters. The molecule has 27 heteroatoms. The molecule has 11 rings (SSSR count). The maximum absolute atomic E-state index is 12.6. The van der Waals surface area contributed by atoms with E-state index in [0.29, 0.717) is 32.3 Å². The number of hydrogen-bond donors (Lipinski definition) is 16. The minimum absolute atomic E-state index is 0.115. The standard InChI is InChI=1S/C58H96O27/c1-52(2)13-14-57-23-77-58(31(57)15-52)12-8-30-53(3)10-9-33(54(4,22-62)29(53)7-11-55(30,5)56(58,6)16-32(57)64)82-50-45(85-49-43(74)40(71)44(27(19-61)80-49)83-48-42(73)38(69)35(66)25(17-59)78-48)37(68)28(21-76-50)81-51-46(39(70)36(67)26(18-60)79-51)84-47-41(72)34(65)24(63)20-75-47/h24-51,59-74H,7-23H2,1-6H3/t24-,25-,26-,27-,28+,29-,30-,31-,32-,33+,34+,35-,36-,37+,38+,39+,40-,41-,42-,43-,44-,45+,46-,47+,48+,49+,50+,51+,53+,54+,55-,56+,57-,58+/m1/s1. The van der Waals surface area contributed by atoms with Crippen LogP contribution in [-0.4, -0.2) is 287 Å². The molecular weight excluding hydrogens is 1130 g/mol. The lowest BCUT2D eigenvalue weighted by molar-refractivity contribution is -0.398. The lowest BCUT2D eigenvalue weighted by atomic mass is 9.30. The van der Waals surface area contributed by atoms with Crippen molar-refractivity contribution in [1.82, 2.24) is 0 Å². The van der Waals surface area contributed by atoms with Crippen LogP contribution in [0, 0.1) is 50.2 Å². The van der Waals surface area contributed by atoms with Crippen LogP contribution in [-0.2, 0) is 52.1 Å². The molecule has 0 aromatic carbocycles. The van der Waals surface area contributed by atoms with Gasteiger partial charge in [0.05, 0.1) is 64.1 Å². The van der Waals surface area contributed by atoms with Crippen molar-refractivity contribution in [2.75, 3.05) is 46.2 Å². The van der Waals surface area contributed by atoms with Crippen LogP contribution in [0.25, 0.3) is 0 Å². The number of aliphatic hydroxyl groups is 16. The van der Waals surface area contributed by atoms with Crippen LogP contribution >= 0.6 is 0 Å². The largest absolute Gasteiger partial charge is 0.396 e. The van der Waals surface area contributed by atoms with Gasteiger partial charge in [0.1, 0.15) is 110 Å². The van der Waals surface area contributed by atoms with Crippen LogP contribution in [0.3, 0.4) is 0 Å². The second kappa shape index (κ2) is 23.8. The van der Waals surface area contributed by atoms with E-state index in [4.69, 9.17) is 52.1 Å². The van der Waals surface area contributed by atoms with E-state index in [1.807, 2.05) is 6.92 Å². The first-order chi connectivity index (χ1) is 40.0. The first-order valence-corrected chi connectivity index (χ1v) is 30.7. The van der Waals surface area contributed by atoms with Crippen LogP contribution < -0.4 is 0 Å². The third-order valence-corrected chi connectivity index (χ3v) is 24.1. The lowest BCUT2D eigenvalue weighted by Gasteiger charge is -2.75. The highest BCUT2D eigenvalue weighted by molar-refractivity contribution is 5.28. The summed E-state index contributed by atoms with van der Waals surface area (Å²) in [6.07, 6.45) is -34.2. The molecule has 0 aromatic heterocycles. The Bertz CT molecular complexity index is 2310. The summed E-state index contributed by atoms with van der Waals surface area (Å²) in [6, 6.07) is 0. The fourth-order valence-electron chi connectivity index (χ4n) is 18.9. The van der Waals surface area contributed by atoms with Crippen LogP contribution in [0.4, 0.5) is 0 Å². The normalized spacial score (nSPS) is 57.7. The highest BCUT2D eigenvalue weighted by atomic mass is 16.8. The maximum atomic E-state index is 12.6. The summed E-state index contributed by atoms with van der Waals surface area (Å²) < 4.78 is 67.8. The molecular formula is C58H96O27. The Labute approximate surface area is 493 Å². The number of fused-ring (bicyclic) bond motifs is 4. The summed E-state index contributed by atoms with van der Waals surface area (Å²) in [5.74, 6) is 0.259. The molecule has 11 aliphatic rings. The van der Waals surface area contributed by atoms with Crippen molar-refractivity contribution in [3.05, 3.63) is 0 Å². The van der Waals surface area contributed by atoms with Crippen molar-refractivity contribution in [2.45, 2.75) is 265 Å². The topological polar surface area (TPSA) is 425 Å². The number of aliphatic hydroxyl groups excluding tert-OH is 16. The fraction of sp³-hybridized carbons (Fsp3) is 1.00. The zero-order valence-electron chi connectivity index (χ0n) is 49.3. The van der Waals surface area contributed by atoms with E-state index in [1.54, 1.807) is 0 Å². The molecule has 2 bridgehead atoms. The second-order valence-electron chi connectivity index (χ2n) is 28.8. The van der Waals surface area contributed by atoms with E-state index in [9.17, 15) is 81.7 Å². The molecule has 5 saturated carbocycles. The van der Waals surface area contributed by atoms with Gasteiger partial charge in [-0.1, -0.05) is 41.5 Å². The number of rotatable bonds is 14. The third-order valence-electron chi connectivity index (χ3n) is 24.1. The molecule has 16 N–H and O–H groups in total. The van der Waals surface area contributed by atoms with Gasteiger partial charge in [-0.15, -0.1) is 0 Å². The fourth-order valence-corrected chi connectivity index (χ4v) is 18.9. The van der Waals surface area contributed by atoms with E-state index >= 15 is 0 Å². The zero-order chi connectivity index (χ0) is 61.5. The molecule has 85 heavy (non-hydrogen) atoms. The second-order valence-corrected chi connectivity index (χ2v) is 28.8. The number of ether oxygens (including phenoxy) is 11. The highest BCUT2D eigenvalue weighted by Crippen LogP contribution is 2.80. The molecule has 490 valence electrons. The molecule has 0 radical (unpaired) electrons. The van der Waals surface area contributed by atoms with Gasteiger partial charge in [0.25, 0.3) is 0 Å². The highest BCUT2D eigenvalue weighted by Gasteiger charge is 2.80. The first-order valence-electron chi connectivity index (χ1n) is 30.7. The quantitative estimate of drug-likeness (QED) is 0.0732. The van der Waals surface area contributed by atoms with Gasteiger partial charge >= 0.3 is 0 Å². The van der Waals surface area contributed by atoms with E-state index in [1.165, 1.54) is 0 Å². The Morgan fingerprint density at radius 1 is 0.447 bits per heavy atom. The van der Waals surface area contributed by atoms with Crippen molar-refractivity contribution in [2.24, 2.45) is 50.2 Å². The van der Waals surface area contributed by atoms with Crippen molar-refractivity contribution in [3.8, 4) is 0 Å². The van der Waals surface area contributed by atoms with E-state index in [0.717, 1.165) is 38.5 Å². The van der Waals surface area contributed by atoms with Gasteiger partial charge in [0.2, 0.25) is 0 Å². The Morgan fingerprint density at radius 3 is 1.68 bits per heavy atom. The molecule has 6 heterocycles. The van der Waals surface area contributed by atoms with Crippen LogP contribution in [0.15, 0.2) is 0 Å². The Kier molecular flexibility index (Phi) is 18.3. The predicted octanol–water partition coefficient (Wildman–Crippen LogP) is -4.28. The summed E-state index contributed by atoms with van der Waals surface area (Å²) in [4.78, 5) is 0. The molecule has 1 spiro atoms. The SMILES string of the molecule is CC1(C)CC[C@]23CO[C@@]4(CC[C@@H]5[C@@]6(C)CC[C@H](O[C@@H]7OC[C@H](O[C@@H]8O[C@H](CO)[C@@H](O)[C@H](O)[C@H]8O[C@@H]8OC[C@@H](O)[C@H](O)[C@H]8O)[C@H](O)[C@@H]7O[C@@H]7O[C@H](CO)[C@@H](O[C@@H]8O[C@H](CO)[C@@H](O)[C@H](O)[C@H]8O)[C@H](O)[C@H]7O)[C@@](C)(CO)[C@@H]6CC[C@@]5(C)[C@]4(C)C[C@H]2O)[C@@H]3C1. The molecule has 5 aliphatic carbocycles. The molecule has 6 aliphatic heterocycles. The van der Waals surface area contributed by atoms with Gasteiger partial charge in [-0.05, 0) is 98.2 Å². The summed E-state index contributed by atoms with van der Waals surface area (Å²) in [5.41, 5.74) is -2.47. The monoisotopic (exact) mass is 1220 g/mol. The van der Waals surface area contributed by atoms with Gasteiger partial charge in [0, 0.05) is 16.2 Å². The van der Waals surface area contributed by atoms with Crippen LogP contribution in [0.2, 0.25) is 0 Å². The van der Waals surface area contributed by atoms with Gasteiger partial charge in [-0.25, -0.2) is 0 Å². The summed E-state index contributed by atoms with van der Waals surface area (Å²) in [6.45, 7) is 10.4. The van der Waals surface area contributed by atoms with Gasteiger partial charge in [-0.3, -0.25) is 0 Å². The minimum Gasteiger partial charge on any atom is -0.396 e. The maximum Gasteiger partial charge on any atom is 0.187 e. The van der Waals surface area contributed by atoms with Crippen molar-refractivity contribution in [1.29, 1.82) is 0 Å². The average molecular weight is 1230 g/mol. The van der Waals surface area contributed by atoms with Crippen molar-refractivity contribution >= 4 is 0 Å². The number of hydrogen-bond acceptors (Lipinski definition) is 27. The Morgan fingerprint density at radius 2 is 1.01 bits per heavy atom. The van der Waals surface area contributed by atoms with Crippen molar-refractivity contribution in [3.63, 3.8) is 0 Å². The Balaban J connectivity index is 0.866. The van der Waals surface area contributed by atoms with Crippen LogP contribution in [0.5, 0.6) is 0 Å². The van der Waals surface area contributed by atoms with E-state index < -0.39 is 198 Å². The first kappa shape index (κ1) is 65.4. The van der Waals surface area contributed by atoms with Crippen LogP contribution in [0.1, 0.15) is 106 Å². The molecule has 27 nitrogen and oxygen atoms in total. The molecule has 0 amide bonds. The lowest BCUT2D eigenvalue weighted by Crippen LogP contribution is -2.74. The summed E-state index contributed by atoms with van der Waals surface area (Å²) in [7, 11) is 0. The zero-order valence-corrected chi connectivity index (χ0v) is 49.3. The molecule has 11 fully saturated rings. The molecule has 6 saturated heterocycles. The molecule has 34 atom stereocenters. The predicted molar refractivity (Wildman–Crippen MR) is 284 cm³/mol. The van der Waals surface area contributed by atoms with Gasteiger partial charge in [0.15, 0.2) is 31.5 Å². The summed E-state index contributed by atoms with van der Waals surface area (Å²) >= 11 is 0. The van der Waals surface area contributed by atoms with Gasteiger partial charge in [-0.2, -0.15) is 0 Å². The van der Waals surface area contributed by atoms with Crippen molar-refractivity contribution < 1.29 is 134 Å². The Hall–Kier alpha value is -1.08. The van der Waals surface area contributed by atoms with Gasteiger partial charge < -0.3 is 134 Å². The van der Waals surface area contributed by atoms with E-state index in [-0.39, 0.29) is 51.4 Å². The van der Waals surface area contributed by atoms with E-state index in [2.05, 4.69) is 34.6 Å². The molecule has 0 aromatic rings. The summed E-state index contributed by atoms with van der Waals surface area (Å²) in [5, 5.41) is 176.